The smallest absolute Gasteiger partial charge is 0.339 e. The predicted molar refractivity (Wildman–Crippen MR) is 141 cm³/mol. The average molecular weight is 453 g/mol. The minimum absolute atomic E-state index is 0.374. The third-order valence-corrected chi connectivity index (χ3v) is 10.1. The lowest BCUT2D eigenvalue weighted by Crippen LogP contribution is -2.34. The van der Waals surface area contributed by atoms with Crippen LogP contribution in [0.25, 0.3) is 0 Å². The zero-order valence-corrected chi connectivity index (χ0v) is 19.5. The van der Waals surface area contributed by atoms with E-state index in [1.54, 1.807) is 6.07 Å². The van der Waals surface area contributed by atoms with E-state index in [-0.39, 0.29) is 5.97 Å². The summed E-state index contributed by atoms with van der Waals surface area (Å²) in [5.41, 5.74) is 2.03. The third kappa shape index (κ3) is 4.74. The van der Waals surface area contributed by atoms with Gasteiger partial charge in [-0.2, -0.15) is 0 Å². The van der Waals surface area contributed by atoms with Gasteiger partial charge in [0.2, 0.25) is 0 Å². The minimum atomic E-state index is -2.07. The van der Waals surface area contributed by atoms with Crippen molar-refractivity contribution in [2.45, 2.75) is 0 Å². The zero-order valence-electron chi connectivity index (χ0n) is 18.6. The first-order valence-corrected chi connectivity index (χ1v) is 12.8. The summed E-state index contributed by atoms with van der Waals surface area (Å²) in [5.74, 6) is -0.374. The number of anilines is 1. The molecule has 0 fully saturated rings. The van der Waals surface area contributed by atoms with Gasteiger partial charge in [-0.25, -0.2) is 4.79 Å². The van der Waals surface area contributed by atoms with E-state index in [1.165, 1.54) is 23.0 Å². The molecule has 4 aromatic rings. The van der Waals surface area contributed by atoms with Crippen LogP contribution < -0.4 is 21.2 Å². The number of methoxy groups -OCH3 is 1. The molecule has 4 aromatic carbocycles. The molecule has 0 aromatic heterocycles. The van der Waals surface area contributed by atoms with Crippen molar-refractivity contribution in [2.24, 2.45) is 0 Å². The molecule has 164 valence electrons. The van der Waals surface area contributed by atoms with E-state index in [0.29, 0.717) is 17.4 Å². The SMILES string of the molecule is C=C(C[P+](c1ccccc1)(c1ccccc1)c1ccccc1)Nc1ccccc1C(=O)OC. The third-order valence-electron chi connectivity index (χ3n) is 5.66. The van der Waals surface area contributed by atoms with Gasteiger partial charge in [0.15, 0.2) is 0 Å². The number of benzene rings is 4. The number of ether oxygens (including phenoxy) is 1. The molecule has 0 amide bonds. The van der Waals surface area contributed by atoms with Gasteiger partial charge >= 0.3 is 5.97 Å². The Morgan fingerprint density at radius 1 is 0.727 bits per heavy atom. The van der Waals surface area contributed by atoms with Crippen molar-refractivity contribution in [1.29, 1.82) is 0 Å². The van der Waals surface area contributed by atoms with Gasteiger partial charge in [-0.05, 0) is 48.5 Å². The van der Waals surface area contributed by atoms with Crippen LogP contribution in [0.4, 0.5) is 5.69 Å². The first kappa shape index (κ1) is 22.5. The average Bonchev–Trinajstić information content (AvgIpc) is 2.88. The van der Waals surface area contributed by atoms with Crippen LogP contribution in [0.3, 0.4) is 0 Å². The van der Waals surface area contributed by atoms with E-state index in [1.807, 2.05) is 36.4 Å². The Bertz CT molecular complexity index is 1130. The first-order chi connectivity index (χ1) is 16.1. The highest BCUT2D eigenvalue weighted by Crippen LogP contribution is 2.56. The fourth-order valence-corrected chi connectivity index (χ4v) is 8.30. The Kier molecular flexibility index (Phi) is 7.02. The molecule has 0 unspecified atom stereocenters. The van der Waals surface area contributed by atoms with Gasteiger partial charge in [-0.3, -0.25) is 0 Å². The molecule has 4 heteroatoms. The Morgan fingerprint density at radius 2 is 1.15 bits per heavy atom. The normalized spacial score (nSPS) is 10.9. The summed E-state index contributed by atoms with van der Waals surface area (Å²) in [7, 11) is -0.677. The summed E-state index contributed by atoms with van der Waals surface area (Å²) in [6.45, 7) is 4.40. The number of rotatable bonds is 8. The fraction of sp³-hybridized carbons (Fsp3) is 0.0690. The molecule has 0 saturated heterocycles. The van der Waals surface area contributed by atoms with Gasteiger partial charge in [-0.1, -0.05) is 73.3 Å². The van der Waals surface area contributed by atoms with Crippen molar-refractivity contribution in [3.05, 3.63) is 133 Å². The zero-order chi connectivity index (χ0) is 23.1. The molecule has 0 saturated carbocycles. The van der Waals surface area contributed by atoms with Gasteiger partial charge in [0.1, 0.15) is 29.3 Å². The van der Waals surface area contributed by atoms with Crippen LogP contribution in [0.2, 0.25) is 0 Å². The number of carbonyl (C=O) groups is 1. The van der Waals surface area contributed by atoms with Crippen molar-refractivity contribution < 1.29 is 9.53 Å². The highest BCUT2D eigenvalue weighted by molar-refractivity contribution is 7.95. The van der Waals surface area contributed by atoms with Crippen LogP contribution in [0.15, 0.2) is 128 Å². The quantitative estimate of drug-likeness (QED) is 0.288. The lowest BCUT2D eigenvalue weighted by atomic mass is 10.2. The Labute approximate surface area is 196 Å². The number of para-hydroxylation sites is 1. The topological polar surface area (TPSA) is 38.3 Å². The molecule has 0 heterocycles. The molecule has 4 rings (SSSR count). The maximum Gasteiger partial charge on any atom is 0.339 e. The number of carbonyl (C=O) groups excluding carboxylic acids is 1. The lowest BCUT2D eigenvalue weighted by Gasteiger charge is -2.28. The van der Waals surface area contributed by atoms with Gasteiger partial charge in [0.05, 0.1) is 18.4 Å². The summed E-state index contributed by atoms with van der Waals surface area (Å²) in [6, 6.07) is 39.4. The Morgan fingerprint density at radius 3 is 1.61 bits per heavy atom. The molecule has 33 heavy (non-hydrogen) atoms. The Hall–Kier alpha value is -3.68. The summed E-state index contributed by atoms with van der Waals surface area (Å²) < 4.78 is 4.97. The molecular formula is C29H27NO2P+. The van der Waals surface area contributed by atoms with Crippen LogP contribution in [0.1, 0.15) is 10.4 Å². The lowest BCUT2D eigenvalue weighted by molar-refractivity contribution is 0.0602. The monoisotopic (exact) mass is 452 g/mol. The van der Waals surface area contributed by atoms with Crippen molar-refractivity contribution in [2.75, 3.05) is 18.6 Å². The van der Waals surface area contributed by atoms with Gasteiger partial charge < -0.3 is 10.1 Å². The molecule has 0 aliphatic carbocycles. The second kappa shape index (κ2) is 10.3. The summed E-state index contributed by atoms with van der Waals surface area (Å²) >= 11 is 0. The number of allylic oxidation sites excluding steroid dienone is 1. The van der Waals surface area contributed by atoms with E-state index < -0.39 is 7.26 Å². The fourth-order valence-electron chi connectivity index (χ4n) is 4.16. The Balaban J connectivity index is 1.82. The molecule has 0 spiro atoms. The number of hydrogen-bond acceptors (Lipinski definition) is 3. The molecular weight excluding hydrogens is 425 g/mol. The van der Waals surface area contributed by atoms with E-state index in [2.05, 4.69) is 84.7 Å². The maximum absolute atomic E-state index is 12.3. The maximum atomic E-state index is 12.3. The number of esters is 1. The van der Waals surface area contributed by atoms with Gasteiger partial charge in [0.25, 0.3) is 0 Å². The largest absolute Gasteiger partial charge is 0.465 e. The summed E-state index contributed by atoms with van der Waals surface area (Å²) in [5, 5.41) is 7.27. The highest BCUT2D eigenvalue weighted by Gasteiger charge is 2.45. The molecule has 3 nitrogen and oxygen atoms in total. The van der Waals surface area contributed by atoms with Crippen LogP contribution >= 0.6 is 7.26 Å². The molecule has 0 bridgehead atoms. The van der Waals surface area contributed by atoms with Gasteiger partial charge in [-0.15, -0.1) is 0 Å². The second-order valence-electron chi connectivity index (χ2n) is 7.74. The minimum Gasteiger partial charge on any atom is -0.465 e. The van der Waals surface area contributed by atoms with Crippen molar-refractivity contribution in [3.63, 3.8) is 0 Å². The van der Waals surface area contributed by atoms with Crippen LogP contribution in [0.5, 0.6) is 0 Å². The van der Waals surface area contributed by atoms with E-state index >= 15 is 0 Å². The first-order valence-electron chi connectivity index (χ1n) is 10.8. The highest BCUT2D eigenvalue weighted by atomic mass is 31.2. The van der Waals surface area contributed by atoms with Crippen molar-refractivity contribution in [1.82, 2.24) is 0 Å². The second-order valence-corrected chi connectivity index (χ2v) is 11.2. The molecule has 1 N–H and O–H groups in total. The summed E-state index contributed by atoms with van der Waals surface area (Å²) in [6.07, 6.45) is 0.709. The molecule has 0 atom stereocenters. The number of nitrogens with one attached hydrogen (secondary N) is 1. The van der Waals surface area contributed by atoms with Crippen molar-refractivity contribution >= 4 is 34.8 Å². The molecule has 0 aliphatic rings. The van der Waals surface area contributed by atoms with E-state index in [0.717, 1.165) is 5.70 Å². The standard InChI is InChI=1S/C29H26NO2P/c1-23(30-28-21-13-12-20-27(28)29(31)32-2)22-33(24-14-6-3-7-15-24,25-16-8-4-9-17-25)26-18-10-5-11-19-26/h3-21H,1,22H2,2H3/p+1. The summed E-state index contributed by atoms with van der Waals surface area (Å²) in [4.78, 5) is 12.3. The number of hydrogen-bond donors (Lipinski definition) is 1. The molecule has 0 aliphatic heterocycles. The van der Waals surface area contributed by atoms with Crippen LogP contribution in [-0.4, -0.2) is 19.2 Å². The van der Waals surface area contributed by atoms with Crippen molar-refractivity contribution in [3.8, 4) is 0 Å². The van der Waals surface area contributed by atoms with Crippen LogP contribution in [-0.2, 0) is 4.74 Å². The van der Waals surface area contributed by atoms with E-state index in [4.69, 9.17) is 4.74 Å². The van der Waals surface area contributed by atoms with Crippen LogP contribution in [0, 0.1) is 0 Å². The van der Waals surface area contributed by atoms with Gasteiger partial charge in [0, 0.05) is 5.70 Å². The molecule has 0 radical (unpaired) electrons. The van der Waals surface area contributed by atoms with E-state index in [9.17, 15) is 4.79 Å². The predicted octanol–water partition coefficient (Wildman–Crippen LogP) is 5.39.